The molecule has 0 aliphatic rings. The number of aromatic nitrogens is 4. The normalized spacial score (nSPS) is 11.1. The highest BCUT2D eigenvalue weighted by Gasteiger charge is 2.07. The van der Waals surface area contributed by atoms with Crippen LogP contribution >= 0.6 is 11.3 Å². The molecule has 0 saturated carbocycles. The molecule has 25 heavy (non-hydrogen) atoms. The molecule has 7 heteroatoms. The molecule has 0 spiro atoms. The molecular weight excluding hydrogens is 337 g/mol. The summed E-state index contributed by atoms with van der Waals surface area (Å²) in [7, 11) is 0. The Morgan fingerprint density at radius 3 is 2.76 bits per heavy atom. The number of nitrogens with one attached hydrogen (secondary N) is 1. The monoisotopic (exact) mass is 353 g/mol. The number of fused-ring (bicyclic) bond motifs is 1. The molecule has 0 radical (unpaired) electrons. The summed E-state index contributed by atoms with van der Waals surface area (Å²) in [4.78, 5) is 4.59. The van der Waals surface area contributed by atoms with E-state index in [9.17, 15) is 4.39 Å². The zero-order valence-electron chi connectivity index (χ0n) is 13.6. The molecule has 0 amide bonds. The Kier molecular flexibility index (Phi) is 4.15. The van der Waals surface area contributed by atoms with E-state index in [0.29, 0.717) is 13.0 Å². The number of nitrogens with zero attached hydrogens (tertiary/aromatic N) is 4. The Morgan fingerprint density at radius 1 is 1.12 bits per heavy atom. The van der Waals surface area contributed by atoms with Crippen molar-refractivity contribution in [1.82, 2.24) is 19.6 Å². The highest BCUT2D eigenvalue weighted by molar-refractivity contribution is 7.15. The van der Waals surface area contributed by atoms with Gasteiger partial charge in [-0.15, -0.1) is 10.2 Å². The van der Waals surface area contributed by atoms with Crippen molar-refractivity contribution in [3.05, 3.63) is 76.4 Å². The third-order valence-corrected chi connectivity index (χ3v) is 4.78. The zero-order valence-corrected chi connectivity index (χ0v) is 14.4. The minimum absolute atomic E-state index is 0.230. The second-order valence-electron chi connectivity index (χ2n) is 5.79. The molecule has 3 heterocycles. The van der Waals surface area contributed by atoms with Gasteiger partial charge < -0.3 is 9.72 Å². The fourth-order valence-corrected chi connectivity index (χ4v) is 3.39. The van der Waals surface area contributed by atoms with Gasteiger partial charge in [0.15, 0.2) is 0 Å². The second kappa shape index (κ2) is 6.60. The molecule has 0 unspecified atom stereocenters. The maximum atomic E-state index is 13.0. The van der Waals surface area contributed by atoms with E-state index in [0.717, 1.165) is 32.7 Å². The van der Waals surface area contributed by atoms with Crippen molar-refractivity contribution in [1.29, 1.82) is 0 Å². The van der Waals surface area contributed by atoms with Crippen molar-refractivity contribution in [2.24, 2.45) is 0 Å². The third kappa shape index (κ3) is 3.51. The summed E-state index contributed by atoms with van der Waals surface area (Å²) in [6, 6.07) is 12.5. The van der Waals surface area contributed by atoms with E-state index >= 15 is 0 Å². The van der Waals surface area contributed by atoms with Gasteiger partial charge in [0.25, 0.3) is 0 Å². The van der Waals surface area contributed by atoms with Crippen LogP contribution in [0.1, 0.15) is 22.0 Å². The Bertz CT molecular complexity index is 1010. The van der Waals surface area contributed by atoms with Crippen LogP contribution in [-0.2, 0) is 13.0 Å². The molecule has 0 fully saturated rings. The first-order valence-corrected chi connectivity index (χ1v) is 8.73. The summed E-state index contributed by atoms with van der Waals surface area (Å²) in [5.74, 6) is -0.230. The van der Waals surface area contributed by atoms with Crippen LogP contribution in [-0.4, -0.2) is 19.6 Å². The Balaban J connectivity index is 1.42. The van der Waals surface area contributed by atoms with E-state index in [1.54, 1.807) is 12.1 Å². The lowest BCUT2D eigenvalue weighted by molar-refractivity contribution is 0.627. The van der Waals surface area contributed by atoms with Crippen LogP contribution < -0.4 is 5.32 Å². The third-order valence-electron chi connectivity index (χ3n) is 3.90. The highest BCUT2D eigenvalue weighted by atomic mass is 32.1. The standard InChI is InChI=1S/C18H16FN5S/c1-12-3-2-4-16-21-15(11-24(12)16)10-20-18-23-22-17(25-18)9-13-5-7-14(19)8-6-13/h2-8,11H,9-10H2,1H3,(H,20,23). The van der Waals surface area contributed by atoms with E-state index in [1.807, 2.05) is 18.3 Å². The molecule has 4 aromatic rings. The number of benzene rings is 1. The van der Waals surface area contributed by atoms with Crippen molar-refractivity contribution in [2.45, 2.75) is 19.9 Å². The Labute approximate surface area is 148 Å². The summed E-state index contributed by atoms with van der Waals surface area (Å²) < 4.78 is 15.0. The minimum atomic E-state index is -0.230. The van der Waals surface area contributed by atoms with E-state index in [1.165, 1.54) is 23.5 Å². The van der Waals surface area contributed by atoms with Crippen molar-refractivity contribution < 1.29 is 4.39 Å². The van der Waals surface area contributed by atoms with Crippen molar-refractivity contribution in [2.75, 3.05) is 5.32 Å². The smallest absolute Gasteiger partial charge is 0.206 e. The average Bonchev–Trinajstić information content (AvgIpc) is 3.22. The number of pyridine rings is 1. The maximum absolute atomic E-state index is 13.0. The van der Waals surface area contributed by atoms with Gasteiger partial charge >= 0.3 is 0 Å². The highest BCUT2D eigenvalue weighted by Crippen LogP contribution is 2.19. The van der Waals surface area contributed by atoms with Gasteiger partial charge in [-0.3, -0.25) is 0 Å². The van der Waals surface area contributed by atoms with Gasteiger partial charge in [0.2, 0.25) is 5.13 Å². The largest absolute Gasteiger partial charge is 0.354 e. The SMILES string of the molecule is Cc1cccc2nc(CNc3nnc(Cc4ccc(F)cc4)s3)cn12. The van der Waals surface area contributed by atoms with E-state index in [2.05, 4.69) is 37.9 Å². The van der Waals surface area contributed by atoms with Gasteiger partial charge in [-0.05, 0) is 36.8 Å². The molecule has 0 aliphatic heterocycles. The lowest BCUT2D eigenvalue weighted by Gasteiger charge is -1.98. The molecule has 0 bridgehead atoms. The van der Waals surface area contributed by atoms with Crippen LogP contribution in [0.3, 0.4) is 0 Å². The molecule has 5 nitrogen and oxygen atoms in total. The van der Waals surface area contributed by atoms with Crippen molar-refractivity contribution >= 4 is 22.1 Å². The van der Waals surface area contributed by atoms with Crippen LogP contribution in [0.4, 0.5) is 9.52 Å². The Hall–Kier alpha value is -2.80. The minimum Gasteiger partial charge on any atom is -0.354 e. The number of rotatable bonds is 5. The summed E-state index contributed by atoms with van der Waals surface area (Å²) in [6.07, 6.45) is 2.67. The molecule has 0 aliphatic carbocycles. The second-order valence-corrected chi connectivity index (χ2v) is 6.85. The van der Waals surface area contributed by atoms with E-state index in [4.69, 9.17) is 0 Å². The van der Waals surface area contributed by atoms with Gasteiger partial charge in [0.05, 0.1) is 12.2 Å². The lowest BCUT2D eigenvalue weighted by Crippen LogP contribution is -1.98. The van der Waals surface area contributed by atoms with Crippen molar-refractivity contribution in [3.63, 3.8) is 0 Å². The van der Waals surface area contributed by atoms with Gasteiger partial charge in [-0.1, -0.05) is 29.5 Å². The van der Waals surface area contributed by atoms with Crippen LogP contribution in [0.5, 0.6) is 0 Å². The first kappa shape index (κ1) is 15.7. The first-order valence-electron chi connectivity index (χ1n) is 7.92. The summed E-state index contributed by atoms with van der Waals surface area (Å²) in [5, 5.41) is 13.3. The quantitative estimate of drug-likeness (QED) is 0.592. The molecule has 3 aromatic heterocycles. The predicted molar refractivity (Wildman–Crippen MR) is 96.4 cm³/mol. The summed E-state index contributed by atoms with van der Waals surface area (Å²) >= 11 is 1.50. The molecule has 0 saturated heterocycles. The first-order chi connectivity index (χ1) is 12.2. The van der Waals surface area contributed by atoms with Crippen LogP contribution in [0.15, 0.2) is 48.7 Å². The summed E-state index contributed by atoms with van der Waals surface area (Å²) in [5.41, 5.74) is 4.05. The topological polar surface area (TPSA) is 55.1 Å². The number of anilines is 1. The fraction of sp³-hybridized carbons (Fsp3) is 0.167. The van der Waals surface area contributed by atoms with Crippen LogP contribution in [0.25, 0.3) is 5.65 Å². The van der Waals surface area contributed by atoms with Gasteiger partial charge in [-0.25, -0.2) is 9.37 Å². The van der Waals surface area contributed by atoms with Gasteiger partial charge in [0, 0.05) is 18.3 Å². The van der Waals surface area contributed by atoms with Crippen molar-refractivity contribution in [3.8, 4) is 0 Å². The molecule has 126 valence electrons. The molecule has 4 rings (SSSR count). The number of hydrogen-bond donors (Lipinski definition) is 1. The number of imidazole rings is 1. The zero-order chi connectivity index (χ0) is 17.2. The Morgan fingerprint density at radius 2 is 1.96 bits per heavy atom. The average molecular weight is 353 g/mol. The lowest BCUT2D eigenvalue weighted by atomic mass is 10.2. The van der Waals surface area contributed by atoms with Gasteiger partial charge in [0.1, 0.15) is 16.5 Å². The molecule has 1 N–H and O–H groups in total. The maximum Gasteiger partial charge on any atom is 0.206 e. The molecule has 0 atom stereocenters. The van der Waals surface area contributed by atoms with E-state index in [-0.39, 0.29) is 5.82 Å². The molecular formula is C18H16FN5S. The molecule has 1 aromatic carbocycles. The summed E-state index contributed by atoms with van der Waals surface area (Å²) in [6.45, 7) is 2.64. The fourth-order valence-electron chi connectivity index (χ4n) is 2.62. The number of halogens is 1. The number of hydrogen-bond acceptors (Lipinski definition) is 5. The van der Waals surface area contributed by atoms with Crippen LogP contribution in [0.2, 0.25) is 0 Å². The van der Waals surface area contributed by atoms with Gasteiger partial charge in [-0.2, -0.15) is 0 Å². The number of aryl methyl sites for hydroxylation is 1. The van der Waals surface area contributed by atoms with Crippen LogP contribution in [0, 0.1) is 12.7 Å². The van der Waals surface area contributed by atoms with E-state index < -0.39 is 0 Å². The predicted octanol–water partition coefficient (Wildman–Crippen LogP) is 3.84.